The molecule has 3 N–H and O–H groups in total. The highest BCUT2D eigenvalue weighted by atomic mass is 19.4. The van der Waals surface area contributed by atoms with Gasteiger partial charge in [-0.1, -0.05) is 34.6 Å². The van der Waals surface area contributed by atoms with Gasteiger partial charge in [-0.15, -0.1) is 0 Å². The molecule has 0 spiro atoms. The molecule has 0 bridgehead atoms. The van der Waals surface area contributed by atoms with Crippen LogP contribution in [0.25, 0.3) is 0 Å². The zero-order valence-electron chi connectivity index (χ0n) is 12.3. The molecular formula is C13H21F3N4. The topological polar surface area (TPSA) is 63.8 Å². The Kier molecular flexibility index (Phi) is 4.51. The van der Waals surface area contributed by atoms with E-state index in [4.69, 9.17) is 5.73 Å². The molecule has 20 heavy (non-hydrogen) atoms. The third-order valence-electron chi connectivity index (χ3n) is 3.01. The molecule has 7 heteroatoms. The predicted octanol–water partition coefficient (Wildman–Crippen LogP) is 3.56. The fourth-order valence-corrected chi connectivity index (χ4v) is 2.21. The monoisotopic (exact) mass is 290 g/mol. The van der Waals surface area contributed by atoms with Gasteiger partial charge in [0.25, 0.3) is 0 Å². The fourth-order valence-electron chi connectivity index (χ4n) is 2.21. The predicted molar refractivity (Wildman–Crippen MR) is 73.2 cm³/mol. The molecule has 1 rings (SSSR count). The first-order valence-electron chi connectivity index (χ1n) is 6.39. The zero-order valence-corrected chi connectivity index (χ0v) is 12.3. The van der Waals surface area contributed by atoms with Crippen molar-refractivity contribution >= 4 is 11.8 Å². The summed E-state index contributed by atoms with van der Waals surface area (Å²) in [5, 5.41) is 3.07. The molecule has 0 aliphatic rings. The molecular weight excluding hydrogens is 269 g/mol. The van der Waals surface area contributed by atoms with Crippen LogP contribution in [-0.2, 0) is 6.18 Å². The van der Waals surface area contributed by atoms with Crippen LogP contribution in [0.1, 0.15) is 40.2 Å². The summed E-state index contributed by atoms with van der Waals surface area (Å²) in [6, 6.07) is 0.0126. The number of halogens is 3. The molecule has 0 saturated carbocycles. The molecule has 1 unspecified atom stereocenters. The molecule has 0 aliphatic heterocycles. The molecule has 1 aromatic rings. The van der Waals surface area contributed by atoms with Gasteiger partial charge in [-0.05, 0) is 11.3 Å². The summed E-state index contributed by atoms with van der Waals surface area (Å²) in [6.07, 6.45) is -3.82. The van der Waals surface area contributed by atoms with Crippen LogP contribution < -0.4 is 11.1 Å². The minimum Gasteiger partial charge on any atom is -0.383 e. The summed E-state index contributed by atoms with van der Waals surface area (Å²) >= 11 is 0. The molecule has 0 aliphatic carbocycles. The quantitative estimate of drug-likeness (QED) is 0.893. The van der Waals surface area contributed by atoms with Crippen LogP contribution >= 0.6 is 0 Å². The Morgan fingerprint density at radius 1 is 1.20 bits per heavy atom. The van der Waals surface area contributed by atoms with Gasteiger partial charge in [0.1, 0.15) is 11.4 Å². The first-order valence-corrected chi connectivity index (χ1v) is 6.39. The minimum atomic E-state index is -4.54. The number of rotatable bonds is 3. The molecule has 0 amide bonds. The fraction of sp³-hybridized carbons (Fsp3) is 0.692. The zero-order chi connectivity index (χ0) is 15.7. The first-order chi connectivity index (χ1) is 8.93. The van der Waals surface area contributed by atoms with Gasteiger partial charge in [0.15, 0.2) is 0 Å². The van der Waals surface area contributed by atoms with Crippen molar-refractivity contribution in [3.8, 4) is 0 Å². The standard InChI is InChI=1S/C13H21F3N4/c1-7(2)9(12(3,4)5)19-11-18-6-8(10(17)20-11)13(14,15)16/h6-7,9H,1-5H3,(H3,17,18,19,20). The van der Waals surface area contributed by atoms with Crippen LogP contribution in [0.15, 0.2) is 6.20 Å². The van der Waals surface area contributed by atoms with Crippen LogP contribution in [0.5, 0.6) is 0 Å². The molecule has 0 radical (unpaired) electrons. The maximum Gasteiger partial charge on any atom is 0.421 e. The van der Waals surface area contributed by atoms with Crippen LogP contribution in [0.2, 0.25) is 0 Å². The lowest BCUT2D eigenvalue weighted by molar-refractivity contribution is -0.137. The first kappa shape index (κ1) is 16.5. The van der Waals surface area contributed by atoms with Gasteiger partial charge in [-0.3, -0.25) is 0 Å². The molecule has 4 nitrogen and oxygen atoms in total. The Bertz CT molecular complexity index is 464. The lowest BCUT2D eigenvalue weighted by atomic mass is 9.80. The van der Waals surface area contributed by atoms with E-state index in [0.29, 0.717) is 6.20 Å². The van der Waals surface area contributed by atoms with Crippen molar-refractivity contribution in [3.63, 3.8) is 0 Å². The average molecular weight is 290 g/mol. The van der Waals surface area contributed by atoms with E-state index in [9.17, 15) is 13.2 Å². The van der Waals surface area contributed by atoms with E-state index in [0.717, 1.165) is 0 Å². The molecule has 0 saturated heterocycles. The van der Waals surface area contributed by atoms with Gasteiger partial charge < -0.3 is 11.1 Å². The number of alkyl halides is 3. The SMILES string of the molecule is CC(C)C(Nc1ncc(C(F)(F)F)c(N)n1)C(C)(C)C. The molecule has 0 aromatic carbocycles. The summed E-state index contributed by atoms with van der Waals surface area (Å²) in [6.45, 7) is 10.2. The normalized spacial score (nSPS) is 14.4. The Morgan fingerprint density at radius 2 is 1.75 bits per heavy atom. The number of nitrogen functional groups attached to an aromatic ring is 1. The van der Waals surface area contributed by atoms with Crippen LogP contribution in [0, 0.1) is 11.3 Å². The van der Waals surface area contributed by atoms with E-state index in [1.807, 2.05) is 34.6 Å². The number of hydrogen-bond acceptors (Lipinski definition) is 4. The van der Waals surface area contributed by atoms with Gasteiger partial charge in [0.2, 0.25) is 5.95 Å². The minimum absolute atomic E-state index is 0.0126. The highest BCUT2D eigenvalue weighted by Crippen LogP contribution is 2.33. The molecule has 1 aromatic heterocycles. The third kappa shape index (κ3) is 3.98. The number of aromatic nitrogens is 2. The summed E-state index contributed by atoms with van der Waals surface area (Å²) in [4.78, 5) is 7.43. The Labute approximate surface area is 117 Å². The third-order valence-corrected chi connectivity index (χ3v) is 3.01. The van der Waals surface area contributed by atoms with Crippen molar-refractivity contribution in [2.45, 2.75) is 46.8 Å². The Morgan fingerprint density at radius 3 is 2.10 bits per heavy atom. The summed E-state index contributed by atoms with van der Waals surface area (Å²) in [5.74, 6) is -0.183. The van der Waals surface area contributed by atoms with Gasteiger partial charge in [-0.2, -0.15) is 18.2 Å². The van der Waals surface area contributed by atoms with Crippen LogP contribution in [-0.4, -0.2) is 16.0 Å². The van der Waals surface area contributed by atoms with Crippen molar-refractivity contribution in [2.24, 2.45) is 11.3 Å². The summed E-state index contributed by atoms with van der Waals surface area (Å²) in [7, 11) is 0. The van der Waals surface area contributed by atoms with Crippen molar-refractivity contribution < 1.29 is 13.2 Å². The average Bonchev–Trinajstić information content (AvgIpc) is 2.22. The smallest absolute Gasteiger partial charge is 0.383 e. The highest BCUT2D eigenvalue weighted by Gasteiger charge is 2.35. The van der Waals surface area contributed by atoms with E-state index in [2.05, 4.69) is 15.3 Å². The van der Waals surface area contributed by atoms with E-state index < -0.39 is 17.6 Å². The van der Waals surface area contributed by atoms with Gasteiger partial charge in [-0.25, -0.2) is 4.98 Å². The van der Waals surface area contributed by atoms with E-state index in [-0.39, 0.29) is 23.3 Å². The number of nitrogens with two attached hydrogens (primary N) is 1. The van der Waals surface area contributed by atoms with Crippen molar-refractivity contribution in [3.05, 3.63) is 11.8 Å². The van der Waals surface area contributed by atoms with E-state index in [1.165, 1.54) is 0 Å². The Hall–Kier alpha value is -1.53. The van der Waals surface area contributed by atoms with E-state index >= 15 is 0 Å². The highest BCUT2D eigenvalue weighted by molar-refractivity contribution is 5.45. The maximum atomic E-state index is 12.6. The lowest BCUT2D eigenvalue weighted by Crippen LogP contribution is -2.39. The largest absolute Gasteiger partial charge is 0.421 e. The van der Waals surface area contributed by atoms with Crippen molar-refractivity contribution in [1.29, 1.82) is 0 Å². The summed E-state index contributed by atoms with van der Waals surface area (Å²) in [5.41, 5.74) is 4.25. The Balaban J connectivity index is 3.02. The van der Waals surface area contributed by atoms with Crippen molar-refractivity contribution in [1.82, 2.24) is 9.97 Å². The van der Waals surface area contributed by atoms with Gasteiger partial charge in [0.05, 0.1) is 0 Å². The van der Waals surface area contributed by atoms with Crippen LogP contribution in [0.3, 0.4) is 0 Å². The van der Waals surface area contributed by atoms with Crippen LogP contribution in [0.4, 0.5) is 24.9 Å². The number of nitrogens with zero attached hydrogens (tertiary/aromatic N) is 2. The number of hydrogen-bond donors (Lipinski definition) is 2. The molecule has 0 fully saturated rings. The second-order valence-corrected chi connectivity index (χ2v) is 6.22. The van der Waals surface area contributed by atoms with Crippen molar-refractivity contribution in [2.75, 3.05) is 11.1 Å². The second-order valence-electron chi connectivity index (χ2n) is 6.22. The summed E-state index contributed by atoms with van der Waals surface area (Å²) < 4.78 is 37.7. The number of anilines is 2. The van der Waals surface area contributed by atoms with E-state index in [1.54, 1.807) is 0 Å². The maximum absolute atomic E-state index is 12.6. The lowest BCUT2D eigenvalue weighted by Gasteiger charge is -2.34. The van der Waals surface area contributed by atoms with Gasteiger partial charge in [0, 0.05) is 12.2 Å². The molecule has 1 heterocycles. The second kappa shape index (κ2) is 5.46. The molecule has 1 atom stereocenters. The van der Waals surface area contributed by atoms with Gasteiger partial charge >= 0.3 is 6.18 Å². The molecule has 114 valence electrons. The number of nitrogens with one attached hydrogen (secondary N) is 1.